The Bertz CT molecular complexity index is 195. The van der Waals surface area contributed by atoms with E-state index < -0.39 is 5.67 Å². The van der Waals surface area contributed by atoms with Crippen molar-refractivity contribution >= 4 is 5.91 Å². The number of hydrogen-bond donors (Lipinski definition) is 1. The van der Waals surface area contributed by atoms with Crippen molar-refractivity contribution in [2.24, 2.45) is 17.6 Å². The van der Waals surface area contributed by atoms with Crippen molar-refractivity contribution in [1.82, 2.24) is 0 Å². The number of hydrogen-bond acceptors (Lipinski definition) is 1. The van der Waals surface area contributed by atoms with Gasteiger partial charge in [0.05, 0.1) is 0 Å². The molecular weight excluding hydrogens is 169 g/mol. The lowest BCUT2D eigenvalue weighted by Gasteiger charge is -2.35. The Kier molecular flexibility index (Phi) is 2.94. The monoisotopic (exact) mass is 187 g/mol. The van der Waals surface area contributed by atoms with Crippen LogP contribution < -0.4 is 5.73 Å². The molecule has 1 saturated carbocycles. The fourth-order valence-electron chi connectivity index (χ4n) is 1.96. The third-order valence-electron chi connectivity index (χ3n) is 3.25. The zero-order valence-electron chi connectivity index (χ0n) is 8.35. The van der Waals surface area contributed by atoms with Gasteiger partial charge in [0.15, 0.2) is 0 Å². The van der Waals surface area contributed by atoms with Gasteiger partial charge < -0.3 is 5.73 Å². The van der Waals surface area contributed by atoms with Crippen LogP contribution in [-0.2, 0) is 4.79 Å². The molecule has 2 N–H and O–H groups in total. The number of rotatable bonds is 2. The largest absolute Gasteiger partial charge is 0.369 e. The van der Waals surface area contributed by atoms with Crippen molar-refractivity contribution < 1.29 is 9.18 Å². The SMILES string of the molecule is CC(C)C1(F)CCC(C(N)=O)CC1. The molecule has 0 radical (unpaired) electrons. The number of amides is 1. The van der Waals surface area contributed by atoms with Crippen molar-refractivity contribution in [3.63, 3.8) is 0 Å². The standard InChI is InChI=1S/C10H18FNO/c1-7(2)10(11)5-3-8(4-6-10)9(12)13/h7-8H,3-6H2,1-2H3,(H2,12,13). The number of carbonyl (C=O) groups is 1. The second-order valence-corrected chi connectivity index (χ2v) is 4.37. The van der Waals surface area contributed by atoms with Gasteiger partial charge >= 0.3 is 0 Å². The molecule has 1 amide bonds. The molecule has 0 heterocycles. The highest BCUT2D eigenvalue weighted by Gasteiger charge is 2.39. The first-order valence-corrected chi connectivity index (χ1v) is 4.94. The first kappa shape index (κ1) is 10.5. The van der Waals surface area contributed by atoms with Gasteiger partial charge in [-0.3, -0.25) is 4.79 Å². The second-order valence-electron chi connectivity index (χ2n) is 4.37. The first-order chi connectivity index (χ1) is 5.96. The molecule has 0 unspecified atom stereocenters. The van der Waals surface area contributed by atoms with E-state index in [4.69, 9.17) is 5.73 Å². The summed E-state index contributed by atoms with van der Waals surface area (Å²) < 4.78 is 14.0. The number of nitrogens with two attached hydrogens (primary N) is 1. The summed E-state index contributed by atoms with van der Waals surface area (Å²) in [6, 6.07) is 0. The van der Waals surface area contributed by atoms with Gasteiger partial charge in [-0.05, 0) is 31.6 Å². The lowest BCUT2D eigenvalue weighted by molar-refractivity contribution is -0.124. The predicted octanol–water partition coefficient (Wildman–Crippen LogP) is 2.03. The van der Waals surface area contributed by atoms with Crippen LogP contribution in [0.1, 0.15) is 39.5 Å². The van der Waals surface area contributed by atoms with E-state index in [2.05, 4.69) is 0 Å². The van der Waals surface area contributed by atoms with Gasteiger partial charge in [-0.25, -0.2) is 4.39 Å². The summed E-state index contributed by atoms with van der Waals surface area (Å²) in [7, 11) is 0. The zero-order chi connectivity index (χ0) is 10.1. The molecule has 0 saturated heterocycles. The summed E-state index contributed by atoms with van der Waals surface area (Å²) in [6.07, 6.45) is 2.20. The smallest absolute Gasteiger partial charge is 0.220 e. The van der Waals surface area contributed by atoms with Crippen LogP contribution in [0.3, 0.4) is 0 Å². The maximum Gasteiger partial charge on any atom is 0.220 e. The van der Waals surface area contributed by atoms with Crippen LogP contribution in [-0.4, -0.2) is 11.6 Å². The molecule has 1 aliphatic carbocycles. The maximum absolute atomic E-state index is 14.0. The van der Waals surface area contributed by atoms with Crippen LogP contribution in [0.2, 0.25) is 0 Å². The third-order valence-corrected chi connectivity index (χ3v) is 3.25. The molecule has 3 heteroatoms. The van der Waals surface area contributed by atoms with Crippen LogP contribution in [0, 0.1) is 11.8 Å². The van der Waals surface area contributed by atoms with Crippen LogP contribution >= 0.6 is 0 Å². The van der Waals surface area contributed by atoms with Gasteiger partial charge in [-0.1, -0.05) is 13.8 Å². The first-order valence-electron chi connectivity index (χ1n) is 4.94. The minimum atomic E-state index is -1.06. The summed E-state index contributed by atoms with van der Waals surface area (Å²) in [4.78, 5) is 10.8. The van der Waals surface area contributed by atoms with Crippen LogP contribution in [0.4, 0.5) is 4.39 Å². The van der Waals surface area contributed by atoms with E-state index in [-0.39, 0.29) is 17.7 Å². The molecule has 1 fully saturated rings. The van der Waals surface area contributed by atoms with E-state index >= 15 is 0 Å². The van der Waals surface area contributed by atoms with Crippen molar-refractivity contribution in [3.8, 4) is 0 Å². The topological polar surface area (TPSA) is 43.1 Å². The van der Waals surface area contributed by atoms with Crippen molar-refractivity contribution in [2.75, 3.05) is 0 Å². The van der Waals surface area contributed by atoms with E-state index in [0.717, 1.165) is 0 Å². The fourth-order valence-corrected chi connectivity index (χ4v) is 1.96. The minimum Gasteiger partial charge on any atom is -0.369 e. The van der Waals surface area contributed by atoms with E-state index in [1.54, 1.807) is 0 Å². The Hall–Kier alpha value is -0.600. The molecule has 1 rings (SSSR count). The van der Waals surface area contributed by atoms with Crippen molar-refractivity contribution in [1.29, 1.82) is 0 Å². The molecule has 0 aromatic heterocycles. The average Bonchev–Trinajstić information content (AvgIpc) is 2.04. The normalized spacial score (nSPS) is 34.9. The molecule has 1 aliphatic rings. The number of alkyl halides is 1. The summed E-state index contributed by atoms with van der Waals surface area (Å²) in [5.41, 5.74) is 4.11. The summed E-state index contributed by atoms with van der Waals surface area (Å²) in [6.45, 7) is 3.79. The van der Waals surface area contributed by atoms with Gasteiger partial charge in [-0.2, -0.15) is 0 Å². The summed E-state index contributed by atoms with van der Waals surface area (Å²) >= 11 is 0. The van der Waals surface area contributed by atoms with Gasteiger partial charge in [-0.15, -0.1) is 0 Å². The summed E-state index contributed by atoms with van der Waals surface area (Å²) in [5.74, 6) is -0.324. The second kappa shape index (κ2) is 3.64. The fraction of sp³-hybridized carbons (Fsp3) is 0.900. The van der Waals surface area contributed by atoms with E-state index in [1.807, 2.05) is 13.8 Å². The summed E-state index contributed by atoms with van der Waals surface area (Å²) in [5, 5.41) is 0. The molecule has 0 spiro atoms. The highest BCUT2D eigenvalue weighted by atomic mass is 19.1. The van der Waals surface area contributed by atoms with E-state index in [1.165, 1.54) is 0 Å². The Labute approximate surface area is 78.7 Å². The molecule has 0 aliphatic heterocycles. The molecule has 76 valence electrons. The van der Waals surface area contributed by atoms with Crippen LogP contribution in [0.15, 0.2) is 0 Å². The van der Waals surface area contributed by atoms with Gasteiger partial charge in [0, 0.05) is 5.92 Å². The van der Waals surface area contributed by atoms with Gasteiger partial charge in [0.25, 0.3) is 0 Å². The predicted molar refractivity (Wildman–Crippen MR) is 49.8 cm³/mol. The molecular formula is C10H18FNO. The number of primary amides is 1. The highest BCUT2D eigenvalue weighted by molar-refractivity contribution is 5.76. The molecule has 13 heavy (non-hydrogen) atoms. The minimum absolute atomic E-state index is 0.0429. The van der Waals surface area contributed by atoms with Gasteiger partial charge in [0.2, 0.25) is 5.91 Å². The molecule has 0 bridgehead atoms. The Morgan fingerprint density at radius 3 is 2.23 bits per heavy atom. The Morgan fingerprint density at radius 1 is 1.46 bits per heavy atom. The van der Waals surface area contributed by atoms with E-state index in [9.17, 15) is 9.18 Å². The Morgan fingerprint density at radius 2 is 1.92 bits per heavy atom. The lowest BCUT2D eigenvalue weighted by Crippen LogP contribution is -2.38. The van der Waals surface area contributed by atoms with Crippen molar-refractivity contribution in [2.45, 2.75) is 45.2 Å². The number of carbonyl (C=O) groups excluding carboxylic acids is 1. The van der Waals surface area contributed by atoms with Crippen molar-refractivity contribution in [3.05, 3.63) is 0 Å². The van der Waals surface area contributed by atoms with Gasteiger partial charge in [0.1, 0.15) is 5.67 Å². The average molecular weight is 187 g/mol. The zero-order valence-corrected chi connectivity index (χ0v) is 8.35. The molecule has 0 aromatic carbocycles. The van der Waals surface area contributed by atoms with Crippen LogP contribution in [0.5, 0.6) is 0 Å². The highest BCUT2D eigenvalue weighted by Crippen LogP contribution is 2.39. The van der Waals surface area contributed by atoms with E-state index in [0.29, 0.717) is 25.7 Å². The molecule has 2 nitrogen and oxygen atoms in total. The molecule has 0 aromatic rings. The quantitative estimate of drug-likeness (QED) is 0.706. The molecule has 0 atom stereocenters. The Balaban J connectivity index is 2.51. The third kappa shape index (κ3) is 2.20. The maximum atomic E-state index is 14.0. The van der Waals surface area contributed by atoms with Crippen LogP contribution in [0.25, 0.3) is 0 Å². The number of halogens is 1. The lowest BCUT2D eigenvalue weighted by atomic mass is 9.74.